The molecule has 5 nitrogen and oxygen atoms in total. The number of rotatable bonds is 10. The maximum atomic E-state index is 8.70. The Hall–Kier alpha value is -0.810. The van der Waals surface area contributed by atoms with E-state index in [4.69, 9.17) is 15.7 Å². The van der Waals surface area contributed by atoms with Crippen molar-refractivity contribution in [2.24, 2.45) is 16.3 Å². The molecular formula is C13H29N3O2. The van der Waals surface area contributed by atoms with Crippen LogP contribution in [0.3, 0.4) is 0 Å². The first-order valence-electron chi connectivity index (χ1n) is 6.76. The quantitative estimate of drug-likeness (QED) is 0.207. The van der Waals surface area contributed by atoms with E-state index in [9.17, 15) is 0 Å². The van der Waals surface area contributed by atoms with E-state index in [1.54, 1.807) is 0 Å². The van der Waals surface area contributed by atoms with Crippen molar-refractivity contribution >= 4 is 5.84 Å². The lowest BCUT2D eigenvalue weighted by Gasteiger charge is -2.25. The molecule has 0 amide bonds. The lowest BCUT2D eigenvalue weighted by molar-refractivity contribution is 0.114. The minimum atomic E-state index is -0.242. The third-order valence-corrected chi connectivity index (χ3v) is 3.28. The fourth-order valence-electron chi connectivity index (χ4n) is 1.77. The van der Waals surface area contributed by atoms with Crippen molar-refractivity contribution in [3.05, 3.63) is 0 Å². The number of likely N-dealkylation sites (N-methyl/N-ethyl adjacent to an activating group) is 1. The number of nitrogens with two attached hydrogens (primary N) is 1. The van der Waals surface area contributed by atoms with Crippen molar-refractivity contribution in [2.75, 3.05) is 32.8 Å². The highest BCUT2D eigenvalue weighted by atomic mass is 16.5. The van der Waals surface area contributed by atoms with Crippen LogP contribution in [0, 0.1) is 5.41 Å². The van der Waals surface area contributed by atoms with Crippen LogP contribution >= 0.6 is 0 Å². The first-order chi connectivity index (χ1) is 8.47. The number of oxime groups is 1. The topological polar surface area (TPSA) is 71.1 Å². The van der Waals surface area contributed by atoms with Crippen molar-refractivity contribution in [1.82, 2.24) is 4.90 Å². The third kappa shape index (κ3) is 6.81. The molecule has 18 heavy (non-hydrogen) atoms. The highest BCUT2D eigenvalue weighted by molar-refractivity contribution is 5.85. The van der Waals surface area contributed by atoms with Crippen molar-refractivity contribution in [3.8, 4) is 0 Å². The Kier molecular flexibility index (Phi) is 8.75. The van der Waals surface area contributed by atoms with E-state index in [2.05, 4.69) is 17.0 Å². The van der Waals surface area contributed by atoms with Gasteiger partial charge in [0.1, 0.15) is 5.84 Å². The standard InChI is InChI=1S/C13H29N3O2/c1-5-16(10-11-18-6-2)9-7-8-13(3,4)12(14)15-17/h17H,5-11H2,1-4H3,(H2,14,15). The molecule has 0 atom stereocenters. The third-order valence-electron chi connectivity index (χ3n) is 3.28. The van der Waals surface area contributed by atoms with Gasteiger partial charge in [-0.15, -0.1) is 0 Å². The maximum Gasteiger partial charge on any atom is 0.144 e. The highest BCUT2D eigenvalue weighted by Crippen LogP contribution is 2.22. The van der Waals surface area contributed by atoms with Gasteiger partial charge in [-0.05, 0) is 32.9 Å². The minimum absolute atomic E-state index is 0.242. The molecule has 0 spiro atoms. The van der Waals surface area contributed by atoms with Crippen LogP contribution in [0.4, 0.5) is 0 Å². The summed E-state index contributed by atoms with van der Waals surface area (Å²) in [4.78, 5) is 2.36. The Labute approximate surface area is 111 Å². The van der Waals surface area contributed by atoms with Crippen LogP contribution in [0.25, 0.3) is 0 Å². The summed E-state index contributed by atoms with van der Waals surface area (Å²) in [6.45, 7) is 12.7. The van der Waals surface area contributed by atoms with Crippen LogP contribution in [-0.2, 0) is 4.74 Å². The molecule has 0 aliphatic rings. The van der Waals surface area contributed by atoms with Crippen LogP contribution < -0.4 is 5.73 Å². The molecule has 0 rings (SSSR count). The summed E-state index contributed by atoms with van der Waals surface area (Å²) in [7, 11) is 0. The molecule has 0 aromatic carbocycles. The van der Waals surface area contributed by atoms with Crippen LogP contribution in [-0.4, -0.2) is 48.8 Å². The zero-order chi connectivity index (χ0) is 14.0. The Morgan fingerprint density at radius 3 is 2.50 bits per heavy atom. The van der Waals surface area contributed by atoms with E-state index in [0.29, 0.717) is 5.84 Å². The summed E-state index contributed by atoms with van der Waals surface area (Å²) in [6.07, 6.45) is 1.94. The number of amidine groups is 1. The van der Waals surface area contributed by atoms with Gasteiger partial charge in [-0.3, -0.25) is 0 Å². The second kappa shape index (κ2) is 9.16. The fraction of sp³-hybridized carbons (Fsp3) is 0.923. The van der Waals surface area contributed by atoms with Gasteiger partial charge in [0.2, 0.25) is 0 Å². The van der Waals surface area contributed by atoms with E-state index in [1.165, 1.54) is 0 Å². The van der Waals surface area contributed by atoms with Crippen molar-refractivity contribution < 1.29 is 9.94 Å². The lowest BCUT2D eigenvalue weighted by Crippen LogP contribution is -2.34. The predicted octanol–water partition coefficient (Wildman–Crippen LogP) is 1.90. The molecule has 3 N–H and O–H groups in total. The molecule has 0 bridgehead atoms. The zero-order valence-corrected chi connectivity index (χ0v) is 12.3. The zero-order valence-electron chi connectivity index (χ0n) is 12.3. The van der Waals surface area contributed by atoms with Gasteiger partial charge in [-0.2, -0.15) is 0 Å². The van der Waals surface area contributed by atoms with E-state index in [0.717, 1.165) is 45.7 Å². The first-order valence-corrected chi connectivity index (χ1v) is 6.76. The fourth-order valence-corrected chi connectivity index (χ4v) is 1.77. The summed E-state index contributed by atoms with van der Waals surface area (Å²) in [5, 5.41) is 11.8. The first kappa shape index (κ1) is 17.2. The van der Waals surface area contributed by atoms with Crippen molar-refractivity contribution in [3.63, 3.8) is 0 Å². The van der Waals surface area contributed by atoms with Gasteiger partial charge in [0.05, 0.1) is 6.61 Å². The molecule has 0 aromatic heterocycles. The van der Waals surface area contributed by atoms with E-state index in [1.807, 2.05) is 20.8 Å². The van der Waals surface area contributed by atoms with E-state index < -0.39 is 0 Å². The van der Waals surface area contributed by atoms with Gasteiger partial charge in [0.25, 0.3) is 0 Å². The Bertz CT molecular complexity index is 242. The Balaban J connectivity index is 3.92. The molecule has 108 valence electrons. The highest BCUT2D eigenvalue weighted by Gasteiger charge is 2.23. The predicted molar refractivity (Wildman–Crippen MR) is 75.0 cm³/mol. The second-order valence-corrected chi connectivity index (χ2v) is 5.10. The normalized spacial score (nSPS) is 13.3. The van der Waals surface area contributed by atoms with Crippen LogP contribution in [0.2, 0.25) is 0 Å². The molecule has 0 heterocycles. The van der Waals surface area contributed by atoms with Gasteiger partial charge < -0.3 is 20.6 Å². The van der Waals surface area contributed by atoms with Crippen LogP contribution in [0.5, 0.6) is 0 Å². The largest absolute Gasteiger partial charge is 0.409 e. The summed E-state index contributed by atoms with van der Waals surface area (Å²) in [6, 6.07) is 0. The van der Waals surface area contributed by atoms with Crippen LogP contribution in [0.1, 0.15) is 40.5 Å². The molecule has 0 unspecified atom stereocenters. The number of hydrogen-bond donors (Lipinski definition) is 2. The molecule has 5 heteroatoms. The molecule has 0 aliphatic carbocycles. The van der Waals surface area contributed by atoms with Gasteiger partial charge in [-0.25, -0.2) is 0 Å². The maximum absolute atomic E-state index is 8.70. The number of nitrogens with zero attached hydrogens (tertiary/aromatic N) is 2. The summed E-state index contributed by atoms with van der Waals surface area (Å²) in [5.41, 5.74) is 5.42. The summed E-state index contributed by atoms with van der Waals surface area (Å²) in [5.74, 6) is 0.305. The molecule has 0 aromatic rings. The summed E-state index contributed by atoms with van der Waals surface area (Å²) >= 11 is 0. The number of ether oxygens (including phenoxy) is 1. The molecule has 0 saturated carbocycles. The van der Waals surface area contributed by atoms with Gasteiger partial charge in [0.15, 0.2) is 0 Å². The molecule has 0 aliphatic heterocycles. The molecule has 0 saturated heterocycles. The average molecular weight is 259 g/mol. The average Bonchev–Trinajstić information content (AvgIpc) is 2.35. The smallest absolute Gasteiger partial charge is 0.144 e. The second-order valence-electron chi connectivity index (χ2n) is 5.10. The SMILES string of the molecule is CCOCCN(CC)CCCC(C)(C)C(N)=NO. The molecule has 0 fully saturated rings. The van der Waals surface area contributed by atoms with E-state index in [-0.39, 0.29) is 5.41 Å². The van der Waals surface area contributed by atoms with Gasteiger partial charge >= 0.3 is 0 Å². The summed E-state index contributed by atoms with van der Waals surface area (Å²) < 4.78 is 5.35. The Morgan fingerprint density at radius 1 is 1.33 bits per heavy atom. The van der Waals surface area contributed by atoms with Gasteiger partial charge in [0, 0.05) is 18.6 Å². The van der Waals surface area contributed by atoms with Crippen molar-refractivity contribution in [2.45, 2.75) is 40.5 Å². The monoisotopic (exact) mass is 259 g/mol. The molecule has 0 radical (unpaired) electrons. The van der Waals surface area contributed by atoms with E-state index >= 15 is 0 Å². The lowest BCUT2D eigenvalue weighted by atomic mass is 9.86. The number of hydrogen-bond acceptors (Lipinski definition) is 4. The Morgan fingerprint density at radius 2 is 2.00 bits per heavy atom. The molecular weight excluding hydrogens is 230 g/mol. The van der Waals surface area contributed by atoms with Crippen molar-refractivity contribution in [1.29, 1.82) is 0 Å². The van der Waals surface area contributed by atoms with Crippen LogP contribution in [0.15, 0.2) is 5.16 Å². The van der Waals surface area contributed by atoms with Gasteiger partial charge in [-0.1, -0.05) is 25.9 Å². The minimum Gasteiger partial charge on any atom is -0.409 e.